The smallest absolute Gasteiger partial charge is 0.108 e. The Morgan fingerprint density at radius 3 is 3.00 bits per heavy atom. The number of hydrogen-bond donors (Lipinski definition) is 2. The van der Waals surface area contributed by atoms with Crippen LogP contribution in [0.5, 0.6) is 0 Å². The number of aliphatic hydroxyl groups excluding tert-OH is 1. The van der Waals surface area contributed by atoms with Gasteiger partial charge in [-0.3, -0.25) is 4.98 Å². The number of nitrogens with zero attached hydrogens (tertiary/aromatic N) is 1. The van der Waals surface area contributed by atoms with Gasteiger partial charge in [0.15, 0.2) is 0 Å². The van der Waals surface area contributed by atoms with Crippen LogP contribution < -0.4 is 5.32 Å². The quantitative estimate of drug-likeness (QED) is 0.656. The number of pyridine rings is 1. The molecule has 0 amide bonds. The fraction of sp³-hybridized carbons (Fsp3) is 0.375. The molecule has 0 aliphatic rings. The fourth-order valence-corrected chi connectivity index (χ4v) is 0.871. The highest BCUT2D eigenvalue weighted by molar-refractivity contribution is 5.06. The van der Waals surface area contributed by atoms with Crippen molar-refractivity contribution >= 4 is 0 Å². The topological polar surface area (TPSA) is 45.1 Å². The van der Waals surface area contributed by atoms with Crippen molar-refractivity contribution in [1.29, 1.82) is 0 Å². The van der Waals surface area contributed by atoms with Gasteiger partial charge in [-0.15, -0.1) is 0 Å². The number of aromatic nitrogens is 1. The van der Waals surface area contributed by atoms with Crippen molar-refractivity contribution in [3.05, 3.63) is 30.1 Å². The molecule has 3 heteroatoms. The number of aliphatic hydroxyl groups is 1. The van der Waals surface area contributed by atoms with Crippen LogP contribution in [0.2, 0.25) is 0 Å². The van der Waals surface area contributed by atoms with E-state index in [-0.39, 0.29) is 0 Å². The standard InChI is InChI=1S/C8H12N2O/c1-9-6-8(11)7-4-2-3-5-10-7/h2-5,8-9,11H,6H2,1H3/t8-/m0/s1. The van der Waals surface area contributed by atoms with Crippen molar-refractivity contribution in [3.8, 4) is 0 Å². The summed E-state index contributed by atoms with van der Waals surface area (Å²) in [7, 11) is 1.80. The van der Waals surface area contributed by atoms with Crippen molar-refractivity contribution < 1.29 is 5.11 Å². The van der Waals surface area contributed by atoms with Crippen LogP contribution in [-0.2, 0) is 0 Å². The fourth-order valence-electron chi connectivity index (χ4n) is 0.871. The van der Waals surface area contributed by atoms with Gasteiger partial charge in [0.25, 0.3) is 0 Å². The minimum absolute atomic E-state index is 0.499. The van der Waals surface area contributed by atoms with Crippen molar-refractivity contribution in [1.82, 2.24) is 10.3 Å². The summed E-state index contributed by atoms with van der Waals surface area (Å²) in [5, 5.41) is 12.3. The third-order valence-electron chi connectivity index (χ3n) is 1.43. The predicted molar refractivity (Wildman–Crippen MR) is 43.1 cm³/mol. The Kier molecular flexibility index (Phi) is 3.01. The molecule has 60 valence electrons. The molecule has 0 aromatic carbocycles. The molecule has 1 atom stereocenters. The molecular formula is C8H12N2O. The zero-order valence-electron chi connectivity index (χ0n) is 6.49. The van der Waals surface area contributed by atoms with Gasteiger partial charge in [0.2, 0.25) is 0 Å². The average Bonchev–Trinajstić information content (AvgIpc) is 2.07. The molecule has 11 heavy (non-hydrogen) atoms. The summed E-state index contributed by atoms with van der Waals surface area (Å²) in [5.41, 5.74) is 0.710. The van der Waals surface area contributed by atoms with E-state index >= 15 is 0 Å². The molecule has 0 aliphatic heterocycles. The lowest BCUT2D eigenvalue weighted by Gasteiger charge is -2.07. The summed E-state index contributed by atoms with van der Waals surface area (Å²) in [6.45, 7) is 0.539. The third kappa shape index (κ3) is 2.29. The number of nitrogens with one attached hydrogen (secondary N) is 1. The van der Waals surface area contributed by atoms with Gasteiger partial charge in [-0.05, 0) is 19.2 Å². The second kappa shape index (κ2) is 4.05. The van der Waals surface area contributed by atoms with Gasteiger partial charge in [-0.25, -0.2) is 0 Å². The molecular weight excluding hydrogens is 140 g/mol. The summed E-state index contributed by atoms with van der Waals surface area (Å²) in [5.74, 6) is 0. The Morgan fingerprint density at radius 1 is 1.64 bits per heavy atom. The van der Waals surface area contributed by atoms with Crippen LogP contribution in [0.4, 0.5) is 0 Å². The monoisotopic (exact) mass is 152 g/mol. The molecule has 3 nitrogen and oxygen atoms in total. The Balaban J connectivity index is 2.61. The van der Waals surface area contributed by atoms with E-state index in [4.69, 9.17) is 0 Å². The summed E-state index contributed by atoms with van der Waals surface area (Å²) >= 11 is 0. The van der Waals surface area contributed by atoms with Gasteiger partial charge in [0.05, 0.1) is 5.69 Å². The molecule has 1 aromatic heterocycles. The first-order chi connectivity index (χ1) is 5.34. The molecule has 0 radical (unpaired) electrons. The second-order valence-electron chi connectivity index (χ2n) is 2.33. The molecule has 1 aromatic rings. The summed E-state index contributed by atoms with van der Waals surface area (Å²) in [6.07, 6.45) is 1.18. The SMILES string of the molecule is CNC[C@H](O)c1ccccn1. The molecule has 0 saturated carbocycles. The molecule has 0 spiro atoms. The van der Waals surface area contributed by atoms with Crippen LogP contribution in [0.1, 0.15) is 11.8 Å². The molecule has 2 N–H and O–H groups in total. The lowest BCUT2D eigenvalue weighted by atomic mass is 10.2. The molecule has 0 unspecified atom stereocenters. The normalized spacial score (nSPS) is 12.9. The van der Waals surface area contributed by atoms with E-state index in [1.807, 2.05) is 18.2 Å². The van der Waals surface area contributed by atoms with E-state index in [0.29, 0.717) is 12.2 Å². The molecule has 0 saturated heterocycles. The van der Waals surface area contributed by atoms with E-state index in [1.54, 1.807) is 13.2 Å². The Hall–Kier alpha value is -0.930. The van der Waals surface area contributed by atoms with Gasteiger partial charge in [-0.1, -0.05) is 6.07 Å². The zero-order chi connectivity index (χ0) is 8.10. The van der Waals surface area contributed by atoms with Crippen molar-refractivity contribution in [2.75, 3.05) is 13.6 Å². The predicted octanol–water partition coefficient (Wildman–Crippen LogP) is 0.334. The highest BCUT2D eigenvalue weighted by Gasteiger charge is 2.04. The van der Waals surface area contributed by atoms with Crippen LogP contribution in [0, 0.1) is 0 Å². The zero-order valence-corrected chi connectivity index (χ0v) is 6.49. The first kappa shape index (κ1) is 8.17. The molecule has 0 aliphatic carbocycles. The Labute approximate surface area is 66.1 Å². The lowest BCUT2D eigenvalue weighted by Crippen LogP contribution is -2.17. The van der Waals surface area contributed by atoms with Gasteiger partial charge >= 0.3 is 0 Å². The minimum Gasteiger partial charge on any atom is -0.385 e. The van der Waals surface area contributed by atoms with E-state index in [2.05, 4.69) is 10.3 Å². The maximum atomic E-state index is 9.40. The average molecular weight is 152 g/mol. The molecule has 0 bridgehead atoms. The van der Waals surface area contributed by atoms with E-state index in [0.717, 1.165) is 0 Å². The summed E-state index contributed by atoms with van der Waals surface area (Å²) in [4.78, 5) is 4.01. The molecule has 1 rings (SSSR count). The van der Waals surface area contributed by atoms with E-state index in [9.17, 15) is 5.11 Å². The Morgan fingerprint density at radius 2 is 2.45 bits per heavy atom. The van der Waals surface area contributed by atoms with Gasteiger partial charge < -0.3 is 10.4 Å². The highest BCUT2D eigenvalue weighted by Crippen LogP contribution is 2.06. The van der Waals surface area contributed by atoms with Crippen LogP contribution in [-0.4, -0.2) is 23.7 Å². The van der Waals surface area contributed by atoms with Crippen LogP contribution in [0.15, 0.2) is 24.4 Å². The lowest BCUT2D eigenvalue weighted by molar-refractivity contribution is 0.173. The largest absolute Gasteiger partial charge is 0.385 e. The van der Waals surface area contributed by atoms with Crippen LogP contribution >= 0.6 is 0 Å². The third-order valence-corrected chi connectivity index (χ3v) is 1.43. The van der Waals surface area contributed by atoms with E-state index in [1.165, 1.54) is 0 Å². The van der Waals surface area contributed by atoms with Gasteiger partial charge in [-0.2, -0.15) is 0 Å². The maximum absolute atomic E-state index is 9.40. The maximum Gasteiger partial charge on any atom is 0.108 e. The van der Waals surface area contributed by atoms with Crippen molar-refractivity contribution in [2.45, 2.75) is 6.10 Å². The molecule has 1 heterocycles. The molecule has 0 fully saturated rings. The first-order valence-electron chi connectivity index (χ1n) is 3.58. The van der Waals surface area contributed by atoms with Gasteiger partial charge in [0.1, 0.15) is 6.10 Å². The van der Waals surface area contributed by atoms with Crippen molar-refractivity contribution in [3.63, 3.8) is 0 Å². The number of rotatable bonds is 3. The minimum atomic E-state index is -0.499. The van der Waals surface area contributed by atoms with Crippen LogP contribution in [0.3, 0.4) is 0 Å². The van der Waals surface area contributed by atoms with Gasteiger partial charge in [0, 0.05) is 12.7 Å². The number of likely N-dealkylation sites (N-methyl/N-ethyl adjacent to an activating group) is 1. The second-order valence-corrected chi connectivity index (χ2v) is 2.33. The van der Waals surface area contributed by atoms with E-state index < -0.39 is 6.10 Å². The number of hydrogen-bond acceptors (Lipinski definition) is 3. The van der Waals surface area contributed by atoms with Crippen molar-refractivity contribution in [2.24, 2.45) is 0 Å². The first-order valence-corrected chi connectivity index (χ1v) is 3.58. The van der Waals surface area contributed by atoms with Crippen LogP contribution in [0.25, 0.3) is 0 Å². The summed E-state index contributed by atoms with van der Waals surface area (Å²) in [6, 6.07) is 5.50. The Bertz CT molecular complexity index is 201. The highest BCUT2D eigenvalue weighted by atomic mass is 16.3. The summed E-state index contributed by atoms with van der Waals surface area (Å²) < 4.78 is 0.